The van der Waals surface area contributed by atoms with Crippen LogP contribution in [0.4, 0.5) is 20.7 Å². The Labute approximate surface area is 143 Å². The van der Waals surface area contributed by atoms with Gasteiger partial charge in [-0.2, -0.15) is 0 Å². The number of halogens is 1. The fraction of sp³-hybridized carbons (Fsp3) is 0.400. The second-order valence-corrected chi connectivity index (χ2v) is 6.91. The Kier molecular flexibility index (Phi) is 4.97. The Balaban J connectivity index is 1.61. The molecular formula is C15H18ClN5OS. The second kappa shape index (κ2) is 7.14. The molecule has 1 aromatic carbocycles. The van der Waals surface area contributed by atoms with E-state index in [1.807, 2.05) is 0 Å². The van der Waals surface area contributed by atoms with Crippen molar-refractivity contribution in [3.8, 4) is 0 Å². The smallest absolute Gasteiger partial charge is 0.325 e. The number of rotatable bonds is 3. The van der Waals surface area contributed by atoms with Gasteiger partial charge in [0.25, 0.3) is 0 Å². The van der Waals surface area contributed by atoms with Crippen molar-refractivity contribution in [1.29, 1.82) is 0 Å². The lowest BCUT2D eigenvalue weighted by Crippen LogP contribution is -2.37. The van der Waals surface area contributed by atoms with Gasteiger partial charge < -0.3 is 10.2 Å². The largest absolute Gasteiger partial charge is 0.344 e. The number of piperidine rings is 1. The van der Waals surface area contributed by atoms with E-state index < -0.39 is 0 Å². The first-order chi connectivity index (χ1) is 11.1. The Hall–Kier alpha value is -1.86. The molecule has 0 bridgehead atoms. The molecule has 1 atom stereocenters. The normalized spacial score (nSPS) is 17.8. The molecular weight excluding hydrogens is 334 g/mol. The molecule has 0 saturated carbocycles. The molecule has 3 rings (SSSR count). The first-order valence-corrected chi connectivity index (χ1v) is 8.75. The van der Waals surface area contributed by atoms with E-state index in [1.165, 1.54) is 24.2 Å². The molecule has 0 aliphatic carbocycles. The highest BCUT2D eigenvalue weighted by Gasteiger charge is 2.22. The highest BCUT2D eigenvalue weighted by atomic mass is 35.5. The summed E-state index contributed by atoms with van der Waals surface area (Å²) in [6, 6.07) is 7.08. The molecule has 6 nitrogen and oxygen atoms in total. The zero-order chi connectivity index (χ0) is 16.2. The van der Waals surface area contributed by atoms with Crippen molar-refractivity contribution in [3.63, 3.8) is 0 Å². The molecule has 2 amide bonds. The molecule has 8 heteroatoms. The standard InChI is InChI=1S/C15H18ClN5OS/c1-10-5-2-3-8-21(10)15-20-19-14(23-15)18-13(22)17-12-7-4-6-11(16)9-12/h4,6-7,9-10H,2-3,5,8H2,1H3,(H2,17,18,19,22)/t10-/m1/s1. The number of amides is 2. The average molecular weight is 352 g/mol. The maximum Gasteiger partial charge on any atom is 0.325 e. The molecule has 23 heavy (non-hydrogen) atoms. The van der Waals surface area contributed by atoms with E-state index in [0.717, 1.165) is 18.1 Å². The summed E-state index contributed by atoms with van der Waals surface area (Å²) in [5.74, 6) is 0. The number of hydrogen-bond donors (Lipinski definition) is 2. The number of carbonyl (C=O) groups excluding carboxylic acids is 1. The Morgan fingerprint density at radius 3 is 3.00 bits per heavy atom. The number of nitrogens with one attached hydrogen (secondary N) is 2. The van der Waals surface area contributed by atoms with Crippen LogP contribution in [0.2, 0.25) is 5.02 Å². The average Bonchev–Trinajstić information content (AvgIpc) is 2.95. The predicted molar refractivity (Wildman–Crippen MR) is 94.7 cm³/mol. The van der Waals surface area contributed by atoms with Crippen molar-refractivity contribution in [2.24, 2.45) is 0 Å². The van der Waals surface area contributed by atoms with Crippen LogP contribution in [0.25, 0.3) is 0 Å². The lowest BCUT2D eigenvalue weighted by molar-refractivity contribution is 0.262. The van der Waals surface area contributed by atoms with Gasteiger partial charge in [0.15, 0.2) is 0 Å². The van der Waals surface area contributed by atoms with Gasteiger partial charge in [0, 0.05) is 23.3 Å². The van der Waals surface area contributed by atoms with Crippen molar-refractivity contribution in [2.75, 3.05) is 22.1 Å². The molecule has 0 spiro atoms. The molecule has 1 fully saturated rings. The van der Waals surface area contributed by atoms with E-state index in [9.17, 15) is 4.79 Å². The zero-order valence-corrected chi connectivity index (χ0v) is 14.3. The fourth-order valence-electron chi connectivity index (χ4n) is 2.59. The van der Waals surface area contributed by atoms with Gasteiger partial charge in [-0.1, -0.05) is 29.0 Å². The zero-order valence-electron chi connectivity index (χ0n) is 12.8. The van der Waals surface area contributed by atoms with Crippen LogP contribution in [0.15, 0.2) is 24.3 Å². The van der Waals surface area contributed by atoms with Crippen LogP contribution in [0, 0.1) is 0 Å². The van der Waals surface area contributed by atoms with Gasteiger partial charge in [-0.25, -0.2) is 4.79 Å². The Morgan fingerprint density at radius 1 is 1.35 bits per heavy atom. The molecule has 2 heterocycles. The number of hydrogen-bond acceptors (Lipinski definition) is 5. The van der Waals surface area contributed by atoms with Crippen LogP contribution in [0.3, 0.4) is 0 Å². The van der Waals surface area contributed by atoms with Crippen LogP contribution in [0.5, 0.6) is 0 Å². The molecule has 2 N–H and O–H groups in total. The van der Waals surface area contributed by atoms with Gasteiger partial charge in [0.05, 0.1) is 0 Å². The van der Waals surface area contributed by atoms with Crippen LogP contribution in [-0.2, 0) is 0 Å². The van der Waals surface area contributed by atoms with Gasteiger partial charge in [0.2, 0.25) is 10.3 Å². The maximum atomic E-state index is 12.0. The van der Waals surface area contributed by atoms with Crippen LogP contribution < -0.4 is 15.5 Å². The topological polar surface area (TPSA) is 70.2 Å². The van der Waals surface area contributed by atoms with Gasteiger partial charge in [-0.3, -0.25) is 5.32 Å². The molecule has 1 aliphatic heterocycles. The van der Waals surface area contributed by atoms with Crippen molar-refractivity contribution < 1.29 is 4.79 Å². The van der Waals surface area contributed by atoms with Crippen molar-refractivity contribution in [3.05, 3.63) is 29.3 Å². The first kappa shape index (κ1) is 16.0. The van der Waals surface area contributed by atoms with Gasteiger partial charge >= 0.3 is 6.03 Å². The van der Waals surface area contributed by atoms with Crippen LogP contribution >= 0.6 is 22.9 Å². The number of carbonyl (C=O) groups is 1. The van der Waals surface area contributed by atoms with E-state index in [4.69, 9.17) is 11.6 Å². The van der Waals surface area contributed by atoms with Gasteiger partial charge in [-0.05, 0) is 44.4 Å². The van der Waals surface area contributed by atoms with Gasteiger partial charge in [0.1, 0.15) is 0 Å². The first-order valence-electron chi connectivity index (χ1n) is 7.55. The van der Waals surface area contributed by atoms with Crippen molar-refractivity contribution >= 4 is 44.9 Å². The number of nitrogens with zero attached hydrogens (tertiary/aromatic N) is 3. The van der Waals surface area contributed by atoms with E-state index >= 15 is 0 Å². The minimum Gasteiger partial charge on any atom is -0.344 e. The van der Waals surface area contributed by atoms with Gasteiger partial charge in [-0.15, -0.1) is 10.2 Å². The summed E-state index contributed by atoms with van der Waals surface area (Å²) >= 11 is 7.28. The maximum absolute atomic E-state index is 12.0. The third kappa shape index (κ3) is 4.11. The number of anilines is 3. The van der Waals surface area contributed by atoms with E-state index in [0.29, 0.717) is 21.9 Å². The summed E-state index contributed by atoms with van der Waals surface area (Å²) < 4.78 is 0. The van der Waals surface area contributed by atoms with E-state index in [1.54, 1.807) is 24.3 Å². The number of aromatic nitrogens is 2. The van der Waals surface area contributed by atoms with Crippen molar-refractivity contribution in [1.82, 2.24) is 10.2 Å². The quantitative estimate of drug-likeness (QED) is 0.868. The summed E-state index contributed by atoms with van der Waals surface area (Å²) in [4.78, 5) is 14.3. The predicted octanol–water partition coefficient (Wildman–Crippen LogP) is 4.21. The Morgan fingerprint density at radius 2 is 2.22 bits per heavy atom. The molecule has 1 aliphatic rings. The summed E-state index contributed by atoms with van der Waals surface area (Å²) in [6.07, 6.45) is 3.59. The lowest BCUT2D eigenvalue weighted by Gasteiger charge is -2.32. The fourth-order valence-corrected chi connectivity index (χ4v) is 3.65. The third-order valence-corrected chi connectivity index (χ3v) is 4.88. The summed E-state index contributed by atoms with van der Waals surface area (Å²) in [7, 11) is 0. The van der Waals surface area contributed by atoms with E-state index in [-0.39, 0.29) is 6.03 Å². The minimum atomic E-state index is -0.360. The number of urea groups is 1. The van der Waals surface area contributed by atoms with E-state index in [2.05, 4.69) is 32.7 Å². The summed E-state index contributed by atoms with van der Waals surface area (Å²) in [5.41, 5.74) is 0.629. The van der Waals surface area contributed by atoms with Crippen LogP contribution in [-0.4, -0.2) is 28.8 Å². The highest BCUT2D eigenvalue weighted by molar-refractivity contribution is 7.19. The molecule has 2 aromatic rings. The SMILES string of the molecule is C[C@@H]1CCCCN1c1nnc(NC(=O)Nc2cccc(Cl)c2)s1. The molecule has 0 unspecified atom stereocenters. The monoisotopic (exact) mass is 351 g/mol. The number of benzene rings is 1. The molecule has 122 valence electrons. The minimum absolute atomic E-state index is 0.360. The van der Waals surface area contributed by atoms with Crippen LogP contribution in [0.1, 0.15) is 26.2 Å². The molecule has 0 radical (unpaired) electrons. The third-order valence-electron chi connectivity index (χ3n) is 3.77. The molecule has 1 saturated heterocycles. The van der Waals surface area contributed by atoms with Crippen molar-refractivity contribution in [2.45, 2.75) is 32.2 Å². The highest BCUT2D eigenvalue weighted by Crippen LogP contribution is 2.29. The lowest BCUT2D eigenvalue weighted by atomic mass is 10.1. The Bertz CT molecular complexity index is 692. The summed E-state index contributed by atoms with van der Waals surface area (Å²) in [5, 5.41) is 15.6. The summed E-state index contributed by atoms with van der Waals surface area (Å²) in [6.45, 7) is 3.18. The second-order valence-electron chi connectivity index (χ2n) is 5.52. The molecule has 1 aromatic heterocycles.